The summed E-state index contributed by atoms with van der Waals surface area (Å²) < 4.78 is 51.6. The summed E-state index contributed by atoms with van der Waals surface area (Å²) in [7, 11) is -7.17. The fourth-order valence-corrected chi connectivity index (χ4v) is 6.22. The van der Waals surface area contributed by atoms with E-state index in [1.807, 2.05) is 0 Å². The van der Waals surface area contributed by atoms with Crippen molar-refractivity contribution in [3.05, 3.63) is 23.3 Å². The molecule has 0 aromatic heterocycles. The molecule has 1 aromatic carbocycles. The first-order valence-electron chi connectivity index (χ1n) is 8.59. The first-order valence-corrected chi connectivity index (χ1v) is 11.9. The normalized spacial score (nSPS) is 17.8. The average Bonchev–Trinajstić information content (AvgIpc) is 2.54. The highest BCUT2D eigenvalue weighted by molar-refractivity contribution is 7.91. The van der Waals surface area contributed by atoms with E-state index in [2.05, 4.69) is 12.2 Å². The molecule has 1 aliphatic rings. The van der Waals surface area contributed by atoms with Crippen molar-refractivity contribution in [2.45, 2.75) is 43.4 Å². The van der Waals surface area contributed by atoms with E-state index in [0.717, 1.165) is 32.2 Å². The number of hydrogen-bond donors (Lipinski definition) is 1. The van der Waals surface area contributed by atoms with Gasteiger partial charge in [-0.2, -0.15) is 4.31 Å². The molecule has 1 saturated heterocycles. The van der Waals surface area contributed by atoms with Crippen LogP contribution in [0.4, 0.5) is 0 Å². The van der Waals surface area contributed by atoms with Gasteiger partial charge >= 0.3 is 0 Å². The summed E-state index contributed by atoms with van der Waals surface area (Å²) in [5.74, 6) is 0.483. The molecule has 0 bridgehead atoms. The number of benzene rings is 1. The van der Waals surface area contributed by atoms with E-state index in [-0.39, 0.29) is 9.79 Å². The van der Waals surface area contributed by atoms with Crippen molar-refractivity contribution in [1.29, 1.82) is 0 Å². The van der Waals surface area contributed by atoms with E-state index < -0.39 is 19.9 Å². The van der Waals surface area contributed by atoms with E-state index in [1.165, 1.54) is 10.4 Å². The van der Waals surface area contributed by atoms with Gasteiger partial charge in [-0.25, -0.2) is 16.8 Å². The van der Waals surface area contributed by atoms with Gasteiger partial charge in [0.05, 0.1) is 9.79 Å². The quantitative estimate of drug-likeness (QED) is 0.802. The van der Waals surface area contributed by atoms with Gasteiger partial charge in [-0.1, -0.05) is 6.92 Å². The molecule has 0 atom stereocenters. The van der Waals surface area contributed by atoms with Crippen LogP contribution in [-0.2, 0) is 19.9 Å². The summed E-state index contributed by atoms with van der Waals surface area (Å²) in [6.07, 6.45) is 2.74. The minimum Gasteiger partial charge on any atom is -0.317 e. The number of aryl methyl sites for hydroxylation is 1. The maximum atomic E-state index is 13.1. The molecule has 0 spiro atoms. The minimum atomic E-state index is -3.69. The van der Waals surface area contributed by atoms with Gasteiger partial charge in [0, 0.05) is 19.3 Å². The van der Waals surface area contributed by atoms with Gasteiger partial charge in [0.2, 0.25) is 10.0 Å². The van der Waals surface area contributed by atoms with Crippen LogP contribution in [0.15, 0.2) is 21.9 Å². The number of rotatable bonds is 6. The van der Waals surface area contributed by atoms with Crippen LogP contribution >= 0.6 is 0 Å². The highest BCUT2D eigenvalue weighted by Gasteiger charge is 2.31. The van der Waals surface area contributed by atoms with Crippen molar-refractivity contribution in [3.63, 3.8) is 0 Å². The Morgan fingerprint density at radius 2 is 1.64 bits per heavy atom. The third kappa shape index (κ3) is 4.61. The van der Waals surface area contributed by atoms with Crippen molar-refractivity contribution in [2.24, 2.45) is 5.92 Å². The lowest BCUT2D eigenvalue weighted by atomic mass is 9.98. The van der Waals surface area contributed by atoms with Crippen molar-refractivity contribution in [2.75, 3.05) is 32.4 Å². The summed E-state index contributed by atoms with van der Waals surface area (Å²) in [6.45, 7) is 8.11. The van der Waals surface area contributed by atoms with Crippen molar-refractivity contribution >= 4 is 19.9 Å². The third-order valence-corrected chi connectivity index (χ3v) is 7.98. The molecule has 1 N–H and O–H groups in total. The van der Waals surface area contributed by atoms with E-state index in [9.17, 15) is 16.8 Å². The Morgan fingerprint density at radius 3 is 2.16 bits per heavy atom. The summed E-state index contributed by atoms with van der Waals surface area (Å²) in [6, 6.07) is 3.11. The van der Waals surface area contributed by atoms with E-state index in [4.69, 9.17) is 0 Å². The SMILES string of the molecule is CCNCC1CCN(S(=O)(=O)c2cc(C)cc(S(C)(=O)=O)c2C)CC1. The number of sulfonamides is 1. The summed E-state index contributed by atoms with van der Waals surface area (Å²) >= 11 is 0. The van der Waals surface area contributed by atoms with Crippen LogP contribution in [0.2, 0.25) is 0 Å². The Hall–Kier alpha value is -0.960. The molecule has 0 amide bonds. The van der Waals surface area contributed by atoms with Gasteiger partial charge in [-0.05, 0) is 69.0 Å². The van der Waals surface area contributed by atoms with Crippen molar-refractivity contribution in [3.8, 4) is 0 Å². The molecule has 0 saturated carbocycles. The second-order valence-electron chi connectivity index (χ2n) is 6.81. The number of nitrogens with zero attached hydrogens (tertiary/aromatic N) is 1. The fourth-order valence-electron chi connectivity index (χ4n) is 3.29. The zero-order valence-electron chi connectivity index (χ0n) is 15.4. The number of nitrogens with one attached hydrogen (secondary N) is 1. The summed E-state index contributed by atoms with van der Waals surface area (Å²) in [5.41, 5.74) is 0.939. The van der Waals surface area contributed by atoms with Gasteiger partial charge in [0.25, 0.3) is 0 Å². The first-order chi connectivity index (χ1) is 11.6. The Kier molecular flexibility index (Phi) is 6.30. The van der Waals surface area contributed by atoms with Crippen LogP contribution in [0, 0.1) is 19.8 Å². The van der Waals surface area contributed by atoms with Gasteiger partial charge in [0.15, 0.2) is 9.84 Å². The van der Waals surface area contributed by atoms with Crippen LogP contribution in [0.5, 0.6) is 0 Å². The van der Waals surface area contributed by atoms with Gasteiger partial charge < -0.3 is 5.32 Å². The van der Waals surface area contributed by atoms with E-state index in [0.29, 0.717) is 30.1 Å². The van der Waals surface area contributed by atoms with E-state index >= 15 is 0 Å². The molecule has 1 aliphatic heterocycles. The molecular weight excluding hydrogens is 360 g/mol. The molecule has 1 aromatic rings. The molecule has 25 heavy (non-hydrogen) atoms. The molecule has 1 fully saturated rings. The van der Waals surface area contributed by atoms with Crippen LogP contribution in [-0.4, -0.2) is 53.6 Å². The lowest BCUT2D eigenvalue weighted by molar-refractivity contribution is 0.268. The number of sulfone groups is 1. The second-order valence-corrected chi connectivity index (χ2v) is 10.7. The van der Waals surface area contributed by atoms with Crippen LogP contribution in [0.1, 0.15) is 30.9 Å². The topological polar surface area (TPSA) is 83.6 Å². The Morgan fingerprint density at radius 1 is 1.08 bits per heavy atom. The lowest BCUT2D eigenvalue weighted by Gasteiger charge is -2.32. The van der Waals surface area contributed by atoms with Gasteiger partial charge in [-0.15, -0.1) is 0 Å². The molecule has 0 radical (unpaired) electrons. The highest BCUT2D eigenvalue weighted by atomic mass is 32.2. The highest BCUT2D eigenvalue weighted by Crippen LogP contribution is 2.29. The first kappa shape index (κ1) is 20.4. The minimum absolute atomic E-state index is 0.0908. The smallest absolute Gasteiger partial charge is 0.243 e. The van der Waals surface area contributed by atoms with Crippen LogP contribution in [0.25, 0.3) is 0 Å². The monoisotopic (exact) mass is 388 g/mol. The molecular formula is C17H28N2O4S2. The zero-order chi connectivity index (χ0) is 18.8. The zero-order valence-corrected chi connectivity index (χ0v) is 17.0. The van der Waals surface area contributed by atoms with Crippen LogP contribution < -0.4 is 5.32 Å². The van der Waals surface area contributed by atoms with Crippen LogP contribution in [0.3, 0.4) is 0 Å². The second kappa shape index (κ2) is 7.73. The Bertz CT molecular complexity index is 824. The fraction of sp³-hybridized carbons (Fsp3) is 0.647. The number of piperidine rings is 1. The lowest BCUT2D eigenvalue weighted by Crippen LogP contribution is -2.41. The molecule has 1 heterocycles. The number of hydrogen-bond acceptors (Lipinski definition) is 5. The van der Waals surface area contributed by atoms with Crippen molar-refractivity contribution in [1.82, 2.24) is 9.62 Å². The third-order valence-electron chi connectivity index (χ3n) is 4.73. The van der Waals surface area contributed by atoms with Gasteiger partial charge in [0.1, 0.15) is 0 Å². The molecule has 6 nitrogen and oxygen atoms in total. The van der Waals surface area contributed by atoms with E-state index in [1.54, 1.807) is 19.9 Å². The Balaban J connectivity index is 2.31. The standard InChI is InChI=1S/C17H28N2O4S2/c1-5-18-12-15-6-8-19(9-7-15)25(22,23)17-11-13(2)10-16(14(17)3)24(4,20)21/h10-11,15,18H,5-9,12H2,1-4H3. The Labute approximate surface area is 151 Å². The molecule has 8 heteroatoms. The predicted molar refractivity (Wildman–Crippen MR) is 99.1 cm³/mol. The molecule has 0 unspecified atom stereocenters. The average molecular weight is 389 g/mol. The molecule has 2 rings (SSSR count). The maximum Gasteiger partial charge on any atom is 0.243 e. The molecule has 0 aliphatic carbocycles. The largest absolute Gasteiger partial charge is 0.317 e. The summed E-state index contributed by atoms with van der Waals surface area (Å²) in [4.78, 5) is 0.200. The van der Waals surface area contributed by atoms with Crippen molar-refractivity contribution < 1.29 is 16.8 Å². The molecule has 142 valence electrons. The summed E-state index contributed by atoms with van der Waals surface area (Å²) in [5, 5.41) is 3.31. The predicted octanol–water partition coefficient (Wildman–Crippen LogP) is 1.72. The van der Waals surface area contributed by atoms with Gasteiger partial charge in [-0.3, -0.25) is 0 Å². The maximum absolute atomic E-state index is 13.1.